The zero-order valence-corrected chi connectivity index (χ0v) is 49.2. The van der Waals surface area contributed by atoms with Gasteiger partial charge in [0.1, 0.15) is 0 Å². The smallest absolute Gasteiger partial charge is 0.220 e. The quantitative estimate of drug-likeness (QED) is 0.0420. The second-order valence-electron chi connectivity index (χ2n) is 22.9. The minimum Gasteiger partial charge on any atom is -0.394 e. The Morgan fingerprint density at radius 3 is 0.833 bits per heavy atom. The molecule has 0 rings (SSSR count). The molecule has 0 heterocycles. The molecular weight excluding hydrogens is 879 g/mol. The molecule has 4 nitrogen and oxygen atoms in total. The average molecular weight is 1010 g/mol. The lowest BCUT2D eigenvalue weighted by atomic mass is 10.0. The summed E-state index contributed by atoms with van der Waals surface area (Å²) in [6.07, 6.45) is 87.9. The highest BCUT2D eigenvalue weighted by Crippen LogP contribution is 2.19. The fourth-order valence-corrected chi connectivity index (χ4v) is 10.6. The predicted molar refractivity (Wildman–Crippen MR) is 322 cm³/mol. The number of carbonyl (C=O) groups is 1. The molecule has 3 N–H and O–H groups in total. The van der Waals surface area contributed by atoms with E-state index in [-0.39, 0.29) is 12.5 Å². The van der Waals surface area contributed by atoms with Crippen LogP contribution in [0.4, 0.5) is 0 Å². The van der Waals surface area contributed by atoms with E-state index in [1.54, 1.807) is 6.08 Å². The van der Waals surface area contributed by atoms with E-state index in [1.807, 2.05) is 6.08 Å². The predicted octanol–water partition coefficient (Wildman–Crippen LogP) is 22.4. The van der Waals surface area contributed by atoms with Crippen molar-refractivity contribution >= 4 is 5.91 Å². The molecule has 0 saturated carbocycles. The summed E-state index contributed by atoms with van der Waals surface area (Å²) in [6.45, 7) is 4.34. The average Bonchev–Trinajstić information content (AvgIpc) is 3.39. The monoisotopic (exact) mass is 1010 g/mol. The maximum atomic E-state index is 12.5. The fourth-order valence-electron chi connectivity index (χ4n) is 10.6. The molecule has 0 spiro atoms. The third-order valence-corrected chi connectivity index (χ3v) is 15.6. The molecular formula is C68H131NO3. The Kier molecular flexibility index (Phi) is 62.7. The number of hydrogen-bond acceptors (Lipinski definition) is 3. The van der Waals surface area contributed by atoms with Crippen LogP contribution in [0.2, 0.25) is 0 Å². The third-order valence-electron chi connectivity index (χ3n) is 15.6. The van der Waals surface area contributed by atoms with Gasteiger partial charge in [-0.1, -0.05) is 352 Å². The summed E-state index contributed by atoms with van der Waals surface area (Å²) in [7, 11) is 0. The first-order valence-corrected chi connectivity index (χ1v) is 33.2. The number of rotatable bonds is 62. The lowest BCUT2D eigenvalue weighted by Crippen LogP contribution is -2.45. The van der Waals surface area contributed by atoms with Gasteiger partial charge < -0.3 is 15.5 Å². The van der Waals surface area contributed by atoms with E-state index in [9.17, 15) is 15.0 Å². The Morgan fingerprint density at radius 1 is 0.333 bits per heavy atom. The van der Waals surface area contributed by atoms with Crippen LogP contribution in [0.5, 0.6) is 0 Å². The van der Waals surface area contributed by atoms with Crippen LogP contribution in [0.1, 0.15) is 373 Å². The van der Waals surface area contributed by atoms with Crippen molar-refractivity contribution in [1.29, 1.82) is 0 Å². The molecule has 0 saturated heterocycles. The van der Waals surface area contributed by atoms with Crippen LogP contribution >= 0.6 is 0 Å². The zero-order valence-electron chi connectivity index (χ0n) is 49.2. The fraction of sp³-hybridized carbons (Fsp3) is 0.897. The molecule has 72 heavy (non-hydrogen) atoms. The highest BCUT2D eigenvalue weighted by Gasteiger charge is 2.18. The van der Waals surface area contributed by atoms with Gasteiger partial charge in [-0.25, -0.2) is 0 Å². The maximum absolute atomic E-state index is 12.5. The molecule has 0 aliphatic carbocycles. The molecule has 0 aromatic carbocycles. The minimum absolute atomic E-state index is 0.0581. The lowest BCUT2D eigenvalue weighted by Gasteiger charge is -2.20. The van der Waals surface area contributed by atoms with Crippen molar-refractivity contribution in [2.45, 2.75) is 386 Å². The van der Waals surface area contributed by atoms with Gasteiger partial charge in [-0.3, -0.25) is 4.79 Å². The van der Waals surface area contributed by atoms with Gasteiger partial charge in [0.2, 0.25) is 5.91 Å². The zero-order chi connectivity index (χ0) is 52.0. The van der Waals surface area contributed by atoms with Crippen molar-refractivity contribution in [1.82, 2.24) is 5.32 Å². The van der Waals surface area contributed by atoms with Gasteiger partial charge in [-0.15, -0.1) is 0 Å². The summed E-state index contributed by atoms with van der Waals surface area (Å²) in [5, 5.41) is 23.3. The van der Waals surface area contributed by atoms with Crippen molar-refractivity contribution in [3.8, 4) is 0 Å². The molecule has 426 valence electrons. The first-order valence-electron chi connectivity index (χ1n) is 33.2. The topological polar surface area (TPSA) is 69.6 Å². The van der Waals surface area contributed by atoms with Crippen LogP contribution in [-0.2, 0) is 4.79 Å². The van der Waals surface area contributed by atoms with Crippen molar-refractivity contribution in [2.75, 3.05) is 6.61 Å². The van der Waals surface area contributed by atoms with Gasteiger partial charge in [0.15, 0.2) is 0 Å². The van der Waals surface area contributed by atoms with Crippen LogP contribution < -0.4 is 5.32 Å². The highest BCUT2D eigenvalue weighted by atomic mass is 16.3. The van der Waals surface area contributed by atoms with E-state index in [1.165, 1.54) is 321 Å². The van der Waals surface area contributed by atoms with Gasteiger partial charge in [0.25, 0.3) is 0 Å². The van der Waals surface area contributed by atoms with Crippen molar-refractivity contribution < 1.29 is 15.0 Å². The number of allylic oxidation sites excluding steroid dienone is 5. The van der Waals surface area contributed by atoms with E-state index in [2.05, 4.69) is 43.5 Å². The SMILES string of the molecule is CCCCCCC/C=C\C/C=C\CCCCCCCCCCCCCCCCCC(=O)NC(CO)C(O)/C=C/CCCCCCCCCCCCCCCCCCCCCCCCCCCCCCCCC. The Bertz CT molecular complexity index is 1100. The van der Waals surface area contributed by atoms with Gasteiger partial charge in [0.05, 0.1) is 18.8 Å². The number of hydrogen-bond donors (Lipinski definition) is 3. The van der Waals surface area contributed by atoms with Gasteiger partial charge >= 0.3 is 0 Å². The molecule has 0 radical (unpaired) electrons. The van der Waals surface area contributed by atoms with E-state index in [4.69, 9.17) is 0 Å². The Hall–Kier alpha value is -1.39. The first-order chi connectivity index (χ1) is 35.7. The van der Waals surface area contributed by atoms with Crippen LogP contribution in [0, 0.1) is 0 Å². The molecule has 2 unspecified atom stereocenters. The number of nitrogens with one attached hydrogen (secondary N) is 1. The minimum atomic E-state index is -0.840. The number of amides is 1. The summed E-state index contributed by atoms with van der Waals surface area (Å²) in [4.78, 5) is 12.5. The molecule has 0 aliphatic rings. The molecule has 2 atom stereocenters. The largest absolute Gasteiger partial charge is 0.394 e. The van der Waals surface area contributed by atoms with Crippen LogP contribution in [0.25, 0.3) is 0 Å². The van der Waals surface area contributed by atoms with E-state index in [0.29, 0.717) is 6.42 Å². The van der Waals surface area contributed by atoms with Crippen LogP contribution in [0.3, 0.4) is 0 Å². The number of aliphatic hydroxyl groups excluding tert-OH is 2. The summed E-state index contributed by atoms with van der Waals surface area (Å²) < 4.78 is 0. The standard InChI is InChI=1S/C68H131NO3/c1-3-5-7-9-11-13-15-17-19-21-23-25-27-29-31-32-33-34-35-36-38-39-41-43-45-47-49-51-53-55-57-59-61-63-67(71)66(65-70)69-68(72)64-62-60-58-56-54-52-50-48-46-44-42-40-37-30-28-26-24-22-20-18-16-14-12-10-8-6-4-2/h16,18,22,24,61,63,66-67,70-71H,3-15,17,19-21,23,25-60,62,64-65H2,1-2H3,(H,69,72)/b18-16-,24-22-,63-61+. The molecule has 0 aromatic rings. The van der Waals surface area contributed by atoms with E-state index in [0.717, 1.165) is 32.1 Å². The van der Waals surface area contributed by atoms with E-state index >= 15 is 0 Å². The van der Waals surface area contributed by atoms with Crippen molar-refractivity contribution in [3.05, 3.63) is 36.5 Å². The molecule has 1 amide bonds. The summed E-state index contributed by atoms with van der Waals surface area (Å²) >= 11 is 0. The van der Waals surface area contributed by atoms with E-state index < -0.39 is 12.1 Å². The van der Waals surface area contributed by atoms with Gasteiger partial charge in [0, 0.05) is 6.42 Å². The van der Waals surface area contributed by atoms with Gasteiger partial charge in [-0.2, -0.15) is 0 Å². The molecule has 0 aromatic heterocycles. The Labute approximate surface area is 452 Å². The summed E-state index contributed by atoms with van der Waals surface area (Å²) in [5.74, 6) is -0.0581. The van der Waals surface area contributed by atoms with Crippen molar-refractivity contribution in [2.24, 2.45) is 0 Å². The molecule has 0 aliphatic heterocycles. The molecule has 0 fully saturated rings. The maximum Gasteiger partial charge on any atom is 0.220 e. The molecule has 0 bridgehead atoms. The number of aliphatic hydroxyl groups is 2. The van der Waals surface area contributed by atoms with Crippen LogP contribution in [0.15, 0.2) is 36.5 Å². The van der Waals surface area contributed by atoms with Crippen molar-refractivity contribution in [3.63, 3.8) is 0 Å². The normalized spacial score (nSPS) is 12.9. The second kappa shape index (κ2) is 63.9. The Balaban J connectivity index is 3.43. The summed E-state index contributed by atoms with van der Waals surface area (Å²) in [5.41, 5.74) is 0. The Morgan fingerprint density at radius 2 is 0.569 bits per heavy atom. The highest BCUT2D eigenvalue weighted by molar-refractivity contribution is 5.76. The van der Waals surface area contributed by atoms with Crippen LogP contribution in [-0.4, -0.2) is 34.9 Å². The lowest BCUT2D eigenvalue weighted by molar-refractivity contribution is -0.123. The summed E-state index contributed by atoms with van der Waals surface area (Å²) in [6, 6.07) is -0.623. The first kappa shape index (κ1) is 70.6. The second-order valence-corrected chi connectivity index (χ2v) is 22.9. The molecule has 4 heteroatoms. The number of unbranched alkanes of at least 4 members (excludes halogenated alkanes) is 51. The number of carbonyl (C=O) groups excluding carboxylic acids is 1. The third kappa shape index (κ3) is 59.5. The van der Waals surface area contributed by atoms with Gasteiger partial charge in [-0.05, 0) is 51.4 Å².